The van der Waals surface area contributed by atoms with Gasteiger partial charge in [-0.1, -0.05) is 0 Å². The van der Waals surface area contributed by atoms with E-state index in [1.807, 2.05) is 0 Å². The van der Waals surface area contributed by atoms with Gasteiger partial charge in [-0.15, -0.1) is 0 Å². The fraction of sp³-hybridized carbons (Fsp3) is 0.706. The van der Waals surface area contributed by atoms with Crippen molar-refractivity contribution in [2.45, 2.75) is 58.3 Å². The number of aromatic nitrogens is 1. The van der Waals surface area contributed by atoms with E-state index in [0.717, 1.165) is 37.2 Å². The maximum Gasteiger partial charge on any atom is 0.129 e. The molecule has 21 heavy (non-hydrogen) atoms. The standard InChI is InChI=1S/C17H28N4/c1-12-7-15(9-18-16-5-6-16)8-17(19-12)21-10-13(2)20(4)14(3)11-21/h7-8,13-14,16,18H,5-6,9-11H2,1-4H3. The molecule has 1 aromatic heterocycles. The van der Waals surface area contributed by atoms with Crippen molar-refractivity contribution in [3.8, 4) is 0 Å². The zero-order valence-corrected chi connectivity index (χ0v) is 13.8. The highest BCUT2D eigenvalue weighted by Crippen LogP contribution is 2.23. The van der Waals surface area contributed by atoms with Gasteiger partial charge in [0.15, 0.2) is 0 Å². The molecule has 2 fully saturated rings. The first-order valence-corrected chi connectivity index (χ1v) is 8.21. The van der Waals surface area contributed by atoms with Crippen molar-refractivity contribution in [3.05, 3.63) is 23.4 Å². The number of likely N-dealkylation sites (N-methyl/N-ethyl adjacent to an activating group) is 1. The summed E-state index contributed by atoms with van der Waals surface area (Å²) in [4.78, 5) is 9.68. The van der Waals surface area contributed by atoms with E-state index < -0.39 is 0 Å². The minimum Gasteiger partial charge on any atom is -0.353 e. The molecule has 0 aromatic carbocycles. The molecule has 1 saturated heterocycles. The third-order valence-corrected chi connectivity index (χ3v) is 4.86. The quantitative estimate of drug-likeness (QED) is 0.920. The van der Waals surface area contributed by atoms with Crippen LogP contribution in [-0.4, -0.2) is 48.1 Å². The van der Waals surface area contributed by atoms with Gasteiger partial charge in [0.2, 0.25) is 0 Å². The third kappa shape index (κ3) is 3.55. The van der Waals surface area contributed by atoms with E-state index >= 15 is 0 Å². The number of pyridine rings is 1. The number of rotatable bonds is 4. The minimum atomic E-state index is 0.573. The lowest BCUT2D eigenvalue weighted by atomic mass is 10.1. The van der Waals surface area contributed by atoms with E-state index in [0.29, 0.717) is 12.1 Å². The smallest absolute Gasteiger partial charge is 0.129 e. The number of anilines is 1. The fourth-order valence-corrected chi connectivity index (χ4v) is 3.13. The Morgan fingerprint density at radius 3 is 2.48 bits per heavy atom. The van der Waals surface area contributed by atoms with Crippen molar-refractivity contribution < 1.29 is 0 Å². The molecule has 3 rings (SSSR count). The fourth-order valence-electron chi connectivity index (χ4n) is 3.13. The summed E-state index contributed by atoms with van der Waals surface area (Å²) in [5.74, 6) is 1.15. The Morgan fingerprint density at radius 2 is 1.86 bits per heavy atom. The van der Waals surface area contributed by atoms with Gasteiger partial charge in [0, 0.05) is 43.5 Å². The lowest BCUT2D eigenvalue weighted by molar-refractivity contribution is 0.169. The molecule has 4 heteroatoms. The number of hydrogen-bond acceptors (Lipinski definition) is 4. The first kappa shape index (κ1) is 14.8. The van der Waals surface area contributed by atoms with Crippen LogP contribution < -0.4 is 10.2 Å². The average molecular weight is 288 g/mol. The Kier molecular flexibility index (Phi) is 4.18. The normalized spacial score (nSPS) is 27.1. The van der Waals surface area contributed by atoms with Crippen LogP contribution in [-0.2, 0) is 6.54 Å². The number of hydrogen-bond donors (Lipinski definition) is 1. The van der Waals surface area contributed by atoms with Crippen molar-refractivity contribution in [1.82, 2.24) is 15.2 Å². The van der Waals surface area contributed by atoms with Crippen LogP contribution in [0.25, 0.3) is 0 Å². The van der Waals surface area contributed by atoms with Gasteiger partial charge in [-0.3, -0.25) is 4.90 Å². The molecule has 1 aliphatic heterocycles. The highest BCUT2D eigenvalue weighted by Gasteiger charge is 2.27. The lowest BCUT2D eigenvalue weighted by Crippen LogP contribution is -2.55. The van der Waals surface area contributed by atoms with Crippen LogP contribution in [0, 0.1) is 6.92 Å². The largest absolute Gasteiger partial charge is 0.353 e. The Labute approximate surface area is 128 Å². The summed E-state index contributed by atoms with van der Waals surface area (Å²) in [6, 6.07) is 6.38. The van der Waals surface area contributed by atoms with Gasteiger partial charge in [-0.05, 0) is 58.4 Å². The highest BCUT2D eigenvalue weighted by molar-refractivity contribution is 5.43. The molecule has 1 N–H and O–H groups in total. The first-order valence-electron chi connectivity index (χ1n) is 8.21. The molecule has 4 nitrogen and oxygen atoms in total. The third-order valence-electron chi connectivity index (χ3n) is 4.86. The Hall–Kier alpha value is -1.13. The molecular weight excluding hydrogens is 260 g/mol. The second-order valence-corrected chi connectivity index (χ2v) is 6.90. The molecule has 0 amide bonds. The molecular formula is C17H28N4. The molecule has 0 bridgehead atoms. The molecule has 0 spiro atoms. The number of piperazine rings is 1. The van der Waals surface area contributed by atoms with Crippen molar-refractivity contribution in [1.29, 1.82) is 0 Å². The van der Waals surface area contributed by atoms with Crippen LogP contribution in [0.2, 0.25) is 0 Å². The van der Waals surface area contributed by atoms with Crippen molar-refractivity contribution in [2.24, 2.45) is 0 Å². The maximum absolute atomic E-state index is 4.77. The molecule has 2 unspecified atom stereocenters. The van der Waals surface area contributed by atoms with Crippen LogP contribution >= 0.6 is 0 Å². The second-order valence-electron chi connectivity index (χ2n) is 6.90. The van der Waals surface area contributed by atoms with Crippen molar-refractivity contribution >= 4 is 5.82 Å². The van der Waals surface area contributed by atoms with Gasteiger partial charge in [-0.2, -0.15) is 0 Å². The van der Waals surface area contributed by atoms with Gasteiger partial charge in [-0.25, -0.2) is 4.98 Å². The second kappa shape index (κ2) is 5.93. The van der Waals surface area contributed by atoms with E-state index in [4.69, 9.17) is 4.98 Å². The van der Waals surface area contributed by atoms with Crippen LogP contribution in [0.5, 0.6) is 0 Å². The van der Waals surface area contributed by atoms with Gasteiger partial charge in [0.25, 0.3) is 0 Å². The highest BCUT2D eigenvalue weighted by atomic mass is 15.3. The van der Waals surface area contributed by atoms with Gasteiger partial charge >= 0.3 is 0 Å². The molecule has 2 atom stereocenters. The van der Waals surface area contributed by atoms with Crippen LogP contribution in [0.3, 0.4) is 0 Å². The van der Waals surface area contributed by atoms with E-state index in [1.165, 1.54) is 18.4 Å². The number of nitrogens with one attached hydrogen (secondary N) is 1. The summed E-state index contributed by atoms with van der Waals surface area (Å²) in [7, 11) is 2.22. The van der Waals surface area contributed by atoms with E-state index in [9.17, 15) is 0 Å². The Bertz CT molecular complexity index is 486. The van der Waals surface area contributed by atoms with Gasteiger partial charge < -0.3 is 10.2 Å². The van der Waals surface area contributed by atoms with Crippen LogP contribution in [0.1, 0.15) is 37.9 Å². The van der Waals surface area contributed by atoms with Gasteiger partial charge in [0.05, 0.1) is 0 Å². The van der Waals surface area contributed by atoms with E-state index in [-0.39, 0.29) is 0 Å². The maximum atomic E-state index is 4.77. The van der Waals surface area contributed by atoms with E-state index in [1.54, 1.807) is 0 Å². The summed E-state index contributed by atoms with van der Waals surface area (Å²) in [6.07, 6.45) is 2.68. The number of nitrogens with zero attached hydrogens (tertiary/aromatic N) is 3. The summed E-state index contributed by atoms with van der Waals surface area (Å²) >= 11 is 0. The molecule has 2 heterocycles. The van der Waals surface area contributed by atoms with Crippen LogP contribution in [0.15, 0.2) is 12.1 Å². The summed E-state index contributed by atoms with van der Waals surface area (Å²) in [5, 5.41) is 3.60. The van der Waals surface area contributed by atoms with Crippen LogP contribution in [0.4, 0.5) is 5.82 Å². The summed E-state index contributed by atoms with van der Waals surface area (Å²) in [6.45, 7) is 9.80. The Morgan fingerprint density at radius 1 is 1.19 bits per heavy atom. The zero-order valence-electron chi connectivity index (χ0n) is 13.8. The summed E-state index contributed by atoms with van der Waals surface area (Å²) < 4.78 is 0. The zero-order chi connectivity index (χ0) is 15.0. The lowest BCUT2D eigenvalue weighted by Gasteiger charge is -2.43. The van der Waals surface area contributed by atoms with E-state index in [2.05, 4.69) is 55.1 Å². The predicted octanol–water partition coefficient (Wildman–Crippen LogP) is 2.17. The molecule has 1 aromatic rings. The number of aryl methyl sites for hydroxylation is 1. The molecule has 2 aliphatic rings. The topological polar surface area (TPSA) is 31.4 Å². The van der Waals surface area contributed by atoms with Gasteiger partial charge in [0.1, 0.15) is 5.82 Å². The van der Waals surface area contributed by atoms with Crippen molar-refractivity contribution in [2.75, 3.05) is 25.0 Å². The Balaban J connectivity index is 1.74. The monoisotopic (exact) mass is 288 g/mol. The minimum absolute atomic E-state index is 0.573. The molecule has 1 saturated carbocycles. The molecule has 1 aliphatic carbocycles. The van der Waals surface area contributed by atoms with Crippen molar-refractivity contribution in [3.63, 3.8) is 0 Å². The first-order chi connectivity index (χ1) is 10.0. The SMILES string of the molecule is Cc1cc(CNC2CC2)cc(N2CC(C)N(C)C(C)C2)n1. The molecule has 0 radical (unpaired) electrons. The predicted molar refractivity (Wildman–Crippen MR) is 87.7 cm³/mol. The average Bonchev–Trinajstić information content (AvgIpc) is 3.25. The molecule has 116 valence electrons. The summed E-state index contributed by atoms with van der Waals surface area (Å²) in [5.41, 5.74) is 2.49.